The highest BCUT2D eigenvalue weighted by Gasteiger charge is 1.88. The van der Waals surface area contributed by atoms with Crippen molar-refractivity contribution in [3.05, 3.63) is 6.92 Å². The van der Waals surface area contributed by atoms with Crippen LogP contribution in [-0.2, 0) is 4.79 Å². The van der Waals surface area contributed by atoms with Gasteiger partial charge in [0.25, 0.3) is 0 Å². The van der Waals surface area contributed by atoms with E-state index in [0.717, 1.165) is 0 Å². The van der Waals surface area contributed by atoms with E-state index in [1.807, 2.05) is 6.92 Å². The van der Waals surface area contributed by atoms with Crippen LogP contribution in [0.1, 0.15) is 13.3 Å². The van der Waals surface area contributed by atoms with E-state index in [-0.39, 0.29) is 6.04 Å². The summed E-state index contributed by atoms with van der Waals surface area (Å²) in [6.45, 7) is 5.35. The van der Waals surface area contributed by atoms with Gasteiger partial charge in [0.05, 0.1) is 6.04 Å². The number of aliphatic imine (C=N–C) groups is 1. The molecule has 0 amide bonds. The van der Waals surface area contributed by atoms with Crippen LogP contribution in [0.25, 0.3) is 0 Å². The Morgan fingerprint density at radius 2 is 2.57 bits per heavy atom. The summed E-state index contributed by atoms with van der Waals surface area (Å²) in [6, 6.07) is 0.0394. The van der Waals surface area contributed by atoms with Crippen molar-refractivity contribution < 1.29 is 4.79 Å². The van der Waals surface area contributed by atoms with Crippen LogP contribution in [0.5, 0.6) is 0 Å². The Morgan fingerprint density at radius 1 is 2.00 bits per heavy atom. The van der Waals surface area contributed by atoms with Crippen molar-refractivity contribution in [3.63, 3.8) is 0 Å². The number of rotatable bonds is 2. The lowest BCUT2D eigenvalue weighted by Gasteiger charge is -1.91. The molecule has 0 N–H and O–H groups in total. The molecule has 1 unspecified atom stereocenters. The second-order valence-corrected chi connectivity index (χ2v) is 1.36. The van der Waals surface area contributed by atoms with E-state index in [2.05, 4.69) is 11.9 Å². The summed E-state index contributed by atoms with van der Waals surface area (Å²) >= 11 is 0. The molecule has 0 aromatic carbocycles. The lowest BCUT2D eigenvalue weighted by atomic mass is 10.3. The van der Waals surface area contributed by atoms with Gasteiger partial charge >= 0.3 is 0 Å². The molecule has 7 heavy (non-hydrogen) atoms. The first kappa shape index (κ1) is 6.38. The molecule has 2 nitrogen and oxygen atoms in total. The average Bonchev–Trinajstić information content (AvgIpc) is 1.68. The van der Waals surface area contributed by atoms with Gasteiger partial charge in [-0.1, -0.05) is 6.92 Å². The number of hydrogen-bond acceptors (Lipinski definition) is 2. The number of nitrogens with zero attached hydrogens (tertiary/aromatic N) is 1. The van der Waals surface area contributed by atoms with Crippen molar-refractivity contribution in [2.24, 2.45) is 4.99 Å². The van der Waals surface area contributed by atoms with Crippen LogP contribution in [0, 0.1) is 6.92 Å². The molecule has 0 aromatic heterocycles. The summed E-state index contributed by atoms with van der Waals surface area (Å²) in [4.78, 5) is 12.8. The van der Waals surface area contributed by atoms with Crippen LogP contribution in [-0.4, -0.2) is 12.1 Å². The molecule has 0 aliphatic rings. The van der Waals surface area contributed by atoms with Gasteiger partial charge in [0.1, 0.15) is 0 Å². The molecule has 39 valence electrons. The van der Waals surface area contributed by atoms with Gasteiger partial charge in [-0.05, 0) is 13.3 Å². The van der Waals surface area contributed by atoms with Gasteiger partial charge in [0.2, 0.25) is 6.08 Å². The average molecular weight is 98.1 g/mol. The van der Waals surface area contributed by atoms with E-state index < -0.39 is 0 Å². The van der Waals surface area contributed by atoms with Gasteiger partial charge < -0.3 is 0 Å². The fourth-order valence-electron chi connectivity index (χ4n) is 0.155. The van der Waals surface area contributed by atoms with Crippen molar-refractivity contribution in [2.45, 2.75) is 19.4 Å². The Labute approximate surface area is 43.3 Å². The molecule has 1 radical (unpaired) electrons. The molecule has 1 atom stereocenters. The lowest BCUT2D eigenvalue weighted by Crippen LogP contribution is -1.91. The van der Waals surface area contributed by atoms with Crippen LogP contribution in [0.3, 0.4) is 0 Å². The quantitative estimate of drug-likeness (QED) is 0.373. The predicted octanol–water partition coefficient (Wildman–Crippen LogP) is 0.935. The van der Waals surface area contributed by atoms with Gasteiger partial charge in [0.15, 0.2) is 0 Å². The van der Waals surface area contributed by atoms with Crippen LogP contribution >= 0.6 is 0 Å². The highest BCUT2D eigenvalue weighted by atomic mass is 16.1. The molecule has 2 heteroatoms. The molecule has 0 saturated carbocycles. The molecule has 0 fully saturated rings. The topological polar surface area (TPSA) is 29.4 Å². The zero-order chi connectivity index (χ0) is 5.70. The molecule has 0 saturated heterocycles. The summed E-state index contributed by atoms with van der Waals surface area (Å²) < 4.78 is 0. The SMILES string of the molecule is [CH2]CC(C)N=C=O. The molecule has 0 rings (SSSR count). The molecule has 0 aromatic rings. The third-order valence-corrected chi connectivity index (χ3v) is 0.691. The van der Waals surface area contributed by atoms with Crippen LogP contribution in [0.4, 0.5) is 0 Å². The van der Waals surface area contributed by atoms with E-state index in [1.54, 1.807) is 0 Å². The van der Waals surface area contributed by atoms with Crippen molar-refractivity contribution in [1.29, 1.82) is 0 Å². The van der Waals surface area contributed by atoms with Gasteiger partial charge in [0, 0.05) is 0 Å². The second kappa shape index (κ2) is 3.57. The highest BCUT2D eigenvalue weighted by molar-refractivity contribution is 5.33. The molecule has 0 spiro atoms. The van der Waals surface area contributed by atoms with Crippen molar-refractivity contribution >= 4 is 6.08 Å². The minimum absolute atomic E-state index is 0.0394. The Bertz CT molecular complexity index is 84.1. The van der Waals surface area contributed by atoms with Gasteiger partial charge in [-0.3, -0.25) is 0 Å². The van der Waals surface area contributed by atoms with Crippen LogP contribution in [0.2, 0.25) is 0 Å². The summed E-state index contributed by atoms with van der Waals surface area (Å²) in [5, 5.41) is 0. The molecular formula is C5H8NO. The minimum atomic E-state index is 0.0394. The van der Waals surface area contributed by atoms with Crippen molar-refractivity contribution in [1.82, 2.24) is 0 Å². The Hall–Kier alpha value is -0.620. The fourth-order valence-corrected chi connectivity index (χ4v) is 0.155. The van der Waals surface area contributed by atoms with E-state index >= 15 is 0 Å². The first-order valence-corrected chi connectivity index (χ1v) is 2.17. The molecule has 0 bridgehead atoms. The lowest BCUT2D eigenvalue weighted by molar-refractivity contribution is 0.558. The largest absolute Gasteiger partial charge is 0.235 e. The third kappa shape index (κ3) is 3.20. The second-order valence-electron chi connectivity index (χ2n) is 1.36. The zero-order valence-electron chi connectivity index (χ0n) is 4.35. The molecular weight excluding hydrogens is 90.1 g/mol. The molecule has 0 aliphatic carbocycles. The number of carbonyl (C=O) groups excluding carboxylic acids is 1. The Balaban J connectivity index is 3.35. The zero-order valence-corrected chi connectivity index (χ0v) is 4.35. The summed E-state index contributed by atoms with van der Waals surface area (Å²) in [6.07, 6.45) is 2.12. The van der Waals surface area contributed by atoms with E-state index in [1.165, 1.54) is 6.08 Å². The maximum atomic E-state index is 9.45. The van der Waals surface area contributed by atoms with Gasteiger partial charge in [-0.15, -0.1) is 0 Å². The first-order chi connectivity index (χ1) is 3.31. The van der Waals surface area contributed by atoms with E-state index in [9.17, 15) is 4.79 Å². The van der Waals surface area contributed by atoms with E-state index in [4.69, 9.17) is 0 Å². The highest BCUT2D eigenvalue weighted by Crippen LogP contribution is 1.90. The predicted molar refractivity (Wildman–Crippen MR) is 27.6 cm³/mol. The smallest absolute Gasteiger partial charge is 0.211 e. The summed E-state index contributed by atoms with van der Waals surface area (Å²) in [7, 11) is 0. The summed E-state index contributed by atoms with van der Waals surface area (Å²) in [5.41, 5.74) is 0. The fraction of sp³-hybridized carbons (Fsp3) is 0.600. The molecule has 0 heterocycles. The third-order valence-electron chi connectivity index (χ3n) is 0.691. The van der Waals surface area contributed by atoms with Crippen molar-refractivity contribution in [3.8, 4) is 0 Å². The van der Waals surface area contributed by atoms with Crippen LogP contribution < -0.4 is 0 Å². The Kier molecular flexibility index (Phi) is 3.25. The normalized spacial score (nSPS) is 12.3. The maximum absolute atomic E-state index is 9.45. The van der Waals surface area contributed by atoms with Gasteiger partial charge in [-0.25, -0.2) is 9.79 Å². The standard InChI is InChI=1S/C5H8NO/c1-3-5(2)6-4-7/h5H,1,3H2,2H3. The number of hydrogen-bond donors (Lipinski definition) is 0. The van der Waals surface area contributed by atoms with Crippen molar-refractivity contribution in [2.75, 3.05) is 0 Å². The minimum Gasteiger partial charge on any atom is -0.211 e. The van der Waals surface area contributed by atoms with Gasteiger partial charge in [-0.2, -0.15) is 0 Å². The molecule has 0 aliphatic heterocycles. The van der Waals surface area contributed by atoms with E-state index in [0.29, 0.717) is 6.42 Å². The first-order valence-electron chi connectivity index (χ1n) is 2.17. The summed E-state index contributed by atoms with van der Waals surface area (Å²) in [5.74, 6) is 0. The Morgan fingerprint density at radius 3 is 2.71 bits per heavy atom. The maximum Gasteiger partial charge on any atom is 0.235 e. The number of isocyanates is 1. The van der Waals surface area contributed by atoms with Crippen LogP contribution in [0.15, 0.2) is 4.99 Å². The monoisotopic (exact) mass is 98.1 g/mol.